The highest BCUT2D eigenvalue weighted by molar-refractivity contribution is 6.31. The molecule has 0 saturated heterocycles. The summed E-state index contributed by atoms with van der Waals surface area (Å²) in [5.41, 5.74) is 12.3. The molecule has 3 aromatic rings. The quantitative estimate of drug-likeness (QED) is 0.187. The first-order chi connectivity index (χ1) is 19.7. The van der Waals surface area contributed by atoms with Crippen molar-refractivity contribution in [1.82, 2.24) is 30.1 Å². The summed E-state index contributed by atoms with van der Waals surface area (Å²) in [6.45, 7) is 8.72. The Morgan fingerprint density at radius 3 is 2.50 bits per heavy atom. The molecular formula is C27H39ClN9O5+. The molecule has 3 rings (SSSR count). The molecular weight excluding hydrogens is 566 g/mol. The predicted octanol–water partition coefficient (Wildman–Crippen LogP) is 1.87. The molecule has 0 bridgehead atoms. The maximum atomic E-state index is 13.0. The maximum absolute atomic E-state index is 13.0. The molecule has 14 nitrogen and oxygen atoms in total. The van der Waals surface area contributed by atoms with E-state index in [2.05, 4.69) is 20.6 Å². The minimum atomic E-state index is -0.600. The fourth-order valence-electron chi connectivity index (χ4n) is 4.24. The summed E-state index contributed by atoms with van der Waals surface area (Å²) in [6, 6.07) is 5.53. The molecule has 0 fully saturated rings. The molecule has 6 N–H and O–H groups in total. The molecule has 15 heteroatoms. The van der Waals surface area contributed by atoms with Crippen LogP contribution in [0.1, 0.15) is 50.4 Å². The van der Waals surface area contributed by atoms with E-state index in [0.717, 1.165) is 11.0 Å². The van der Waals surface area contributed by atoms with Gasteiger partial charge in [0.2, 0.25) is 0 Å². The lowest BCUT2D eigenvalue weighted by Crippen LogP contribution is -2.47. The maximum Gasteiger partial charge on any atom is 0.410 e. The van der Waals surface area contributed by atoms with Gasteiger partial charge in [0.25, 0.3) is 17.6 Å². The summed E-state index contributed by atoms with van der Waals surface area (Å²) in [5, 5.41) is 5.57. The van der Waals surface area contributed by atoms with Crippen LogP contribution < -0.4 is 31.4 Å². The van der Waals surface area contributed by atoms with Gasteiger partial charge in [-0.3, -0.25) is 9.59 Å². The predicted molar refractivity (Wildman–Crippen MR) is 158 cm³/mol. The van der Waals surface area contributed by atoms with E-state index in [1.54, 1.807) is 41.0 Å². The number of benzene rings is 1. The van der Waals surface area contributed by atoms with Gasteiger partial charge >= 0.3 is 6.09 Å². The Bertz CT molecular complexity index is 1470. The number of rotatable bonds is 11. The van der Waals surface area contributed by atoms with Crippen LogP contribution in [0.2, 0.25) is 5.15 Å². The van der Waals surface area contributed by atoms with Crippen LogP contribution in [0.15, 0.2) is 18.2 Å². The summed E-state index contributed by atoms with van der Waals surface area (Å²) in [6.07, 6.45) is 0.114. The molecule has 0 aliphatic carbocycles. The first kappa shape index (κ1) is 32.2. The number of nitrogens with one attached hydrogen (secondary N) is 2. The topological polar surface area (TPSA) is 184 Å². The lowest BCUT2D eigenvalue weighted by Gasteiger charge is -2.24. The molecule has 0 spiro atoms. The number of ether oxygens (including phenoxy) is 2. The van der Waals surface area contributed by atoms with Gasteiger partial charge in [-0.05, 0) is 46.2 Å². The van der Waals surface area contributed by atoms with Gasteiger partial charge in [-0.2, -0.15) is 0 Å². The third kappa shape index (κ3) is 7.90. The molecule has 0 saturated carbocycles. The van der Waals surface area contributed by atoms with Crippen molar-refractivity contribution in [2.45, 2.75) is 59.4 Å². The summed E-state index contributed by atoms with van der Waals surface area (Å²) >= 11 is 5.95. The van der Waals surface area contributed by atoms with Crippen LogP contribution in [-0.4, -0.2) is 70.2 Å². The molecule has 3 amide bonds. The van der Waals surface area contributed by atoms with E-state index < -0.39 is 17.6 Å². The lowest BCUT2D eigenvalue weighted by molar-refractivity contribution is -0.667. The number of nitrogens with zero attached hydrogens (tertiary/aromatic N) is 5. The molecule has 2 aromatic heterocycles. The number of methoxy groups -OCH3 is 1. The van der Waals surface area contributed by atoms with Gasteiger partial charge < -0.3 is 36.5 Å². The van der Waals surface area contributed by atoms with Gasteiger partial charge in [-0.15, -0.1) is 0 Å². The van der Waals surface area contributed by atoms with Crippen molar-refractivity contribution in [3.63, 3.8) is 0 Å². The van der Waals surface area contributed by atoms with Crippen molar-refractivity contribution in [3.05, 3.63) is 34.9 Å². The summed E-state index contributed by atoms with van der Waals surface area (Å²) in [7, 11) is 3.23. The number of hydrogen-bond acceptors (Lipinski definition) is 9. The number of carbonyl (C=O) groups excluding carboxylic acids is 3. The summed E-state index contributed by atoms with van der Waals surface area (Å²) in [4.78, 5) is 47.5. The number of imidazole rings is 1. The lowest BCUT2D eigenvalue weighted by atomic mass is 10.2. The zero-order chi connectivity index (χ0) is 31.2. The molecule has 0 atom stereocenters. The van der Waals surface area contributed by atoms with Crippen molar-refractivity contribution in [2.24, 2.45) is 0 Å². The van der Waals surface area contributed by atoms with E-state index in [1.807, 2.05) is 28.2 Å². The number of halogens is 1. The van der Waals surface area contributed by atoms with Gasteiger partial charge in [-0.1, -0.05) is 11.6 Å². The van der Waals surface area contributed by atoms with E-state index in [0.29, 0.717) is 37.6 Å². The van der Waals surface area contributed by atoms with Crippen LogP contribution in [0.25, 0.3) is 11.0 Å². The second-order valence-electron chi connectivity index (χ2n) is 10.5. The minimum absolute atomic E-state index is 0.0153. The Labute approximate surface area is 249 Å². The van der Waals surface area contributed by atoms with E-state index in [1.165, 1.54) is 4.90 Å². The SMILES string of the molecule is CCn1c(CNC(=O)c2nc(Cl)c(N)nc2N)[n+](CC(=O)NCCCN(C)C(=O)OC(C)(C)C)c2ccc(OC)cc21. The smallest absolute Gasteiger partial charge is 0.410 e. The van der Waals surface area contributed by atoms with Gasteiger partial charge in [0.15, 0.2) is 40.1 Å². The summed E-state index contributed by atoms with van der Waals surface area (Å²) < 4.78 is 14.6. The Kier molecular flexibility index (Phi) is 10.4. The Morgan fingerprint density at radius 2 is 1.86 bits per heavy atom. The number of aromatic nitrogens is 4. The highest BCUT2D eigenvalue weighted by Crippen LogP contribution is 2.22. The van der Waals surface area contributed by atoms with Crippen LogP contribution in [0, 0.1) is 0 Å². The number of fused-ring (bicyclic) bond motifs is 1. The molecule has 0 aliphatic rings. The zero-order valence-corrected chi connectivity index (χ0v) is 25.5. The van der Waals surface area contributed by atoms with Crippen molar-refractivity contribution in [2.75, 3.05) is 38.7 Å². The van der Waals surface area contributed by atoms with E-state index in [9.17, 15) is 14.4 Å². The van der Waals surface area contributed by atoms with Gasteiger partial charge in [0.1, 0.15) is 17.9 Å². The average Bonchev–Trinajstić information content (AvgIpc) is 3.21. The van der Waals surface area contributed by atoms with Crippen molar-refractivity contribution >= 4 is 52.2 Å². The first-order valence-corrected chi connectivity index (χ1v) is 13.8. The molecule has 0 aliphatic heterocycles. The second-order valence-corrected chi connectivity index (χ2v) is 10.9. The fourth-order valence-corrected chi connectivity index (χ4v) is 4.37. The van der Waals surface area contributed by atoms with Gasteiger partial charge in [-0.25, -0.2) is 23.9 Å². The standard InChI is InChI=1S/C27H38ClN9O5/c1-7-36-18-13-16(41-6)9-10-17(18)37(15-19(38)31-11-8-12-35(5)26(40)42-27(2,3)4)20(36)14-32-25(39)21-23(29)34-24(30)22(28)33-21/h9-10,13H,7-8,11-12,14-15H2,1-6H3,(H5-,29,30,31,32,34,38,39)/p+1. The monoisotopic (exact) mass is 604 g/mol. The molecule has 0 radical (unpaired) electrons. The number of nitrogens with two attached hydrogens (primary N) is 2. The number of amides is 3. The molecule has 1 aromatic carbocycles. The number of nitrogen functional groups attached to an aromatic ring is 2. The van der Waals surface area contributed by atoms with E-state index >= 15 is 0 Å². The number of aryl methyl sites for hydroxylation is 1. The highest BCUT2D eigenvalue weighted by atomic mass is 35.5. The normalized spacial score (nSPS) is 11.3. The zero-order valence-electron chi connectivity index (χ0n) is 24.8. The van der Waals surface area contributed by atoms with Crippen molar-refractivity contribution in [1.29, 1.82) is 0 Å². The molecule has 228 valence electrons. The second kappa shape index (κ2) is 13.6. The van der Waals surface area contributed by atoms with Gasteiger partial charge in [0.05, 0.1) is 13.7 Å². The van der Waals surface area contributed by atoms with Crippen LogP contribution in [0.3, 0.4) is 0 Å². The minimum Gasteiger partial charge on any atom is -0.497 e. The number of hydrogen-bond donors (Lipinski definition) is 4. The van der Waals surface area contributed by atoms with Crippen LogP contribution in [-0.2, 0) is 29.2 Å². The summed E-state index contributed by atoms with van der Waals surface area (Å²) in [5.74, 6) is 0.236. The average molecular weight is 605 g/mol. The number of carbonyl (C=O) groups is 3. The van der Waals surface area contributed by atoms with Crippen LogP contribution in [0.4, 0.5) is 16.4 Å². The molecule has 2 heterocycles. The number of anilines is 2. The molecule has 42 heavy (non-hydrogen) atoms. The molecule has 0 unspecified atom stereocenters. The van der Waals surface area contributed by atoms with Crippen molar-refractivity contribution in [3.8, 4) is 5.75 Å². The Balaban J connectivity index is 1.77. The van der Waals surface area contributed by atoms with Gasteiger partial charge in [0, 0.05) is 26.2 Å². The Hall–Kier alpha value is -4.33. The van der Waals surface area contributed by atoms with E-state index in [-0.39, 0.29) is 41.5 Å². The van der Waals surface area contributed by atoms with E-state index in [4.69, 9.17) is 32.5 Å². The highest BCUT2D eigenvalue weighted by Gasteiger charge is 2.28. The Morgan fingerprint density at radius 1 is 1.14 bits per heavy atom. The third-order valence-corrected chi connectivity index (χ3v) is 6.51. The van der Waals surface area contributed by atoms with Crippen LogP contribution >= 0.6 is 11.6 Å². The fraction of sp³-hybridized carbons (Fsp3) is 0.481. The largest absolute Gasteiger partial charge is 0.497 e. The third-order valence-electron chi connectivity index (χ3n) is 6.23. The van der Waals surface area contributed by atoms with Crippen molar-refractivity contribution < 1.29 is 28.4 Å². The first-order valence-electron chi connectivity index (χ1n) is 13.4. The van der Waals surface area contributed by atoms with Crippen LogP contribution in [0.5, 0.6) is 5.75 Å².